The van der Waals surface area contributed by atoms with Gasteiger partial charge in [-0.15, -0.1) is 0 Å². The standard InChI is InChI=1S/C70H80B2GeN6O7/c1-46(2)69(80)74-34-18-36-78(42-50-20-12-16-24-63(50)71(82)83)44-61-54-22-14-15-23-55(54)62(45-79(37-19-35-75-70(81)47(3)4)43-51-21-13-17-25-64(51)72(84)85)59-38-48(26-30-56(59)61)49-27-33-67(86-11)60(39-49)68-57-31-28-52(76(7)8)40-65(57)73(5,6)66-41-53(77(9)10)29-32-58(66)68/h12-17,20-33,38-41,82-85H,1,3,18-19,34-37,42-45H2,2,4-11H3,(H-,74,75,80,81)/p+1. The summed E-state index contributed by atoms with van der Waals surface area (Å²) in [5.41, 5.74) is 14.4. The van der Waals surface area contributed by atoms with Gasteiger partial charge in [0.05, 0.1) is 0 Å². The van der Waals surface area contributed by atoms with Crippen molar-refractivity contribution >= 4 is 93.2 Å². The van der Waals surface area contributed by atoms with E-state index in [9.17, 15) is 29.7 Å². The summed E-state index contributed by atoms with van der Waals surface area (Å²) in [6, 6.07) is 43.5. The molecule has 86 heavy (non-hydrogen) atoms. The number of hydrogen-bond donors (Lipinski definition) is 6. The number of methoxy groups -OCH3 is 1. The van der Waals surface area contributed by atoms with Gasteiger partial charge in [0.15, 0.2) is 0 Å². The van der Waals surface area contributed by atoms with E-state index in [-0.39, 0.29) is 11.8 Å². The molecule has 442 valence electrons. The molecule has 13 nitrogen and oxygen atoms in total. The molecule has 9 rings (SSSR count). The van der Waals surface area contributed by atoms with Crippen LogP contribution in [0.2, 0.25) is 11.5 Å². The molecule has 0 radical (unpaired) electrons. The first-order valence-corrected chi connectivity index (χ1v) is 35.8. The number of ether oxygens (including phenoxy) is 1. The summed E-state index contributed by atoms with van der Waals surface area (Å²) in [5.74, 6) is 5.38. The zero-order valence-corrected chi connectivity index (χ0v) is 53.4. The van der Waals surface area contributed by atoms with Crippen LogP contribution in [0.5, 0.6) is 5.75 Å². The van der Waals surface area contributed by atoms with Crippen molar-refractivity contribution in [2.45, 2.75) is 64.4 Å². The maximum atomic E-state index is 12.7. The van der Waals surface area contributed by atoms with Crippen molar-refractivity contribution in [1.82, 2.24) is 20.4 Å². The summed E-state index contributed by atoms with van der Waals surface area (Å²) in [5, 5.41) is 52.7. The van der Waals surface area contributed by atoms with Gasteiger partial charge in [0.25, 0.3) is 0 Å². The fraction of sp³-hybridized carbons (Fsp3) is 0.271. The third-order valence-corrected chi connectivity index (χ3v) is 24.2. The fourth-order valence-corrected chi connectivity index (χ4v) is 18.6. The first kappa shape index (κ1) is 62.9. The minimum absolute atomic E-state index is 0.199. The summed E-state index contributed by atoms with van der Waals surface area (Å²) in [7, 11) is 6.81. The number of carbonyl (C=O) groups excluding carboxylic acids is 2. The van der Waals surface area contributed by atoms with Crippen LogP contribution in [-0.4, -0.2) is 141 Å². The molecule has 0 spiro atoms. The quantitative estimate of drug-likeness (QED) is 0.0116. The molecule has 1 aliphatic heterocycles. The molecule has 0 atom stereocenters. The van der Waals surface area contributed by atoms with E-state index in [0.717, 1.165) is 71.8 Å². The van der Waals surface area contributed by atoms with Crippen LogP contribution in [0.3, 0.4) is 0 Å². The topological polar surface area (TPSA) is 161 Å². The Balaban J connectivity index is 1.25. The zero-order valence-electron chi connectivity index (χ0n) is 51.3. The summed E-state index contributed by atoms with van der Waals surface area (Å²) in [4.78, 5) is 32.2. The number of fused-ring (bicyclic) bond motifs is 4. The van der Waals surface area contributed by atoms with E-state index in [0.29, 0.717) is 87.3 Å². The van der Waals surface area contributed by atoms with E-state index in [1.807, 2.05) is 30.3 Å². The summed E-state index contributed by atoms with van der Waals surface area (Å²) >= 11 is -2.95. The number of hydrogen-bond acceptors (Lipinski definition) is 10. The average Bonchev–Trinajstić information content (AvgIpc) is 1.04. The molecule has 16 heteroatoms. The van der Waals surface area contributed by atoms with Gasteiger partial charge in [-0.25, -0.2) is 0 Å². The number of carbonyl (C=O) groups is 2. The first-order valence-electron chi connectivity index (χ1n) is 29.5. The second-order valence-electron chi connectivity index (χ2n) is 23.8. The van der Waals surface area contributed by atoms with Crippen molar-refractivity contribution in [1.29, 1.82) is 0 Å². The van der Waals surface area contributed by atoms with Gasteiger partial charge >= 0.3 is 277 Å². The molecular formula is C70H81B2GeN6O7+. The van der Waals surface area contributed by atoms with Crippen LogP contribution in [0.15, 0.2) is 180 Å². The number of amides is 2. The third kappa shape index (κ3) is 13.8. The molecule has 0 unspecified atom stereocenters. The van der Waals surface area contributed by atoms with E-state index in [2.05, 4.69) is 180 Å². The monoisotopic (exact) mass is 1210 g/mol. The second-order valence-corrected chi connectivity index (χ2v) is 32.9. The van der Waals surface area contributed by atoms with Gasteiger partial charge in [-0.05, 0) is 48.7 Å². The molecule has 0 bridgehead atoms. The summed E-state index contributed by atoms with van der Waals surface area (Å²) in [6.07, 6.45) is 8.18. The Morgan fingerprint density at radius 1 is 0.616 bits per heavy atom. The zero-order chi connectivity index (χ0) is 61.6. The Hall–Kier alpha value is -7.60. The number of nitrogens with one attached hydrogen (secondary N) is 2. The number of allylic oxidation sites excluding steroid dienone is 5. The number of rotatable bonds is 24. The molecule has 1 heterocycles. The molecule has 7 aromatic carbocycles. The van der Waals surface area contributed by atoms with Crippen LogP contribution in [0.25, 0.3) is 38.2 Å². The number of anilines is 1. The molecule has 7 aromatic rings. The third-order valence-electron chi connectivity index (χ3n) is 16.8. The molecular weight excluding hydrogens is 1130 g/mol. The van der Waals surface area contributed by atoms with Crippen LogP contribution in [0.4, 0.5) is 5.69 Å². The van der Waals surface area contributed by atoms with Crippen molar-refractivity contribution in [3.05, 3.63) is 213 Å². The second kappa shape index (κ2) is 27.4. The summed E-state index contributed by atoms with van der Waals surface area (Å²) < 4.78 is 11.4. The van der Waals surface area contributed by atoms with E-state index < -0.39 is 27.5 Å². The van der Waals surface area contributed by atoms with Crippen molar-refractivity contribution in [3.63, 3.8) is 0 Å². The van der Waals surface area contributed by atoms with Gasteiger partial charge in [-0.1, -0.05) is 79.9 Å². The Morgan fingerprint density at radius 2 is 1.13 bits per heavy atom. The minimum atomic E-state index is -2.95. The molecule has 0 fully saturated rings. The first-order chi connectivity index (χ1) is 41.2. The van der Waals surface area contributed by atoms with E-state index >= 15 is 0 Å². The number of nitrogens with zero attached hydrogens (tertiary/aromatic N) is 4. The van der Waals surface area contributed by atoms with Crippen molar-refractivity contribution in [2.24, 2.45) is 0 Å². The predicted molar refractivity (Wildman–Crippen MR) is 357 cm³/mol. The Bertz CT molecular complexity index is 3900. The Morgan fingerprint density at radius 3 is 1.65 bits per heavy atom. The van der Waals surface area contributed by atoms with Crippen LogP contribution >= 0.6 is 0 Å². The van der Waals surface area contributed by atoms with Gasteiger partial charge in [-0.2, -0.15) is 0 Å². The van der Waals surface area contributed by atoms with Crippen LogP contribution in [0.1, 0.15) is 60.1 Å². The summed E-state index contributed by atoms with van der Waals surface area (Å²) in [6.45, 7) is 14.8. The van der Waals surface area contributed by atoms with Crippen LogP contribution < -0.4 is 35.6 Å². The van der Waals surface area contributed by atoms with Crippen molar-refractivity contribution in [2.75, 3.05) is 66.4 Å². The van der Waals surface area contributed by atoms with Gasteiger partial charge in [-0.3, -0.25) is 14.5 Å². The predicted octanol–water partition coefficient (Wildman–Crippen LogP) is 7.74. The molecule has 2 amide bonds. The molecule has 0 aromatic heterocycles. The van der Waals surface area contributed by atoms with Gasteiger partial charge in [0.1, 0.15) is 0 Å². The van der Waals surface area contributed by atoms with Gasteiger partial charge in [0, 0.05) is 50.4 Å². The van der Waals surface area contributed by atoms with E-state index in [4.69, 9.17) is 4.74 Å². The number of benzene rings is 7. The molecule has 6 N–H and O–H groups in total. The van der Waals surface area contributed by atoms with Crippen molar-refractivity contribution < 1.29 is 39.0 Å². The van der Waals surface area contributed by atoms with Crippen LogP contribution in [0, 0.1) is 0 Å². The van der Waals surface area contributed by atoms with Crippen LogP contribution in [-0.2, 0) is 35.8 Å². The molecule has 0 saturated carbocycles. The Kier molecular flexibility index (Phi) is 20.1. The molecule has 1 aliphatic carbocycles. The van der Waals surface area contributed by atoms with Gasteiger partial charge < -0.3 is 30.7 Å². The SMILES string of the molecule is C=C(C)C(=O)NCCCN(Cc1ccccc1B(O)O)Cc1c2ccccc2c(CN(CCCNC(=O)C(=C)C)Cc2ccccc2B(O)O)c2cc(-c3ccc(OC)c(C4=C5C=CC(=[N+](C)C)C=[C]5[Ge]([CH3])([CH3])[c]5cc(N(C)C)ccc54)c3)ccc12. The Labute approximate surface area is 510 Å². The van der Waals surface area contributed by atoms with E-state index in [1.54, 1.807) is 39.2 Å². The maximum absolute atomic E-state index is 12.7. The van der Waals surface area contributed by atoms with E-state index in [1.165, 1.54) is 31.3 Å². The van der Waals surface area contributed by atoms with Crippen molar-refractivity contribution in [3.8, 4) is 16.9 Å². The van der Waals surface area contributed by atoms with Gasteiger partial charge in [0.2, 0.25) is 11.8 Å². The fourth-order valence-electron chi connectivity index (χ4n) is 12.2. The molecule has 0 saturated heterocycles. The molecule has 2 aliphatic rings. The average molecular weight is 1210 g/mol. The normalized spacial score (nSPS) is 13.4.